The minimum atomic E-state index is -0.697. The molecule has 0 heterocycles. The first kappa shape index (κ1) is 23.2. The Kier molecular flexibility index (Phi) is 8.68. The summed E-state index contributed by atoms with van der Waals surface area (Å²) in [6.45, 7) is 5.57. The van der Waals surface area contributed by atoms with Gasteiger partial charge in [0.25, 0.3) is 0 Å². The molecule has 162 valence electrons. The molecule has 0 radical (unpaired) electrons. The van der Waals surface area contributed by atoms with Crippen molar-refractivity contribution < 1.29 is 24.2 Å². The van der Waals surface area contributed by atoms with Gasteiger partial charge in [-0.25, -0.2) is 9.59 Å². The third-order valence-electron chi connectivity index (χ3n) is 4.39. The minimum absolute atomic E-state index is 0.0774. The van der Waals surface area contributed by atoms with Crippen LogP contribution in [0.4, 0.5) is 9.59 Å². The van der Waals surface area contributed by atoms with Gasteiger partial charge in [0.15, 0.2) is 0 Å². The number of hydrogen-bond donors (Lipinski definition) is 2. The highest BCUT2D eigenvalue weighted by Gasteiger charge is 2.31. The summed E-state index contributed by atoms with van der Waals surface area (Å²) in [6, 6.07) is 18.0. The van der Waals surface area contributed by atoms with E-state index in [1.165, 1.54) is 4.90 Å². The Labute approximate surface area is 177 Å². The van der Waals surface area contributed by atoms with Crippen molar-refractivity contribution in [3.63, 3.8) is 0 Å². The number of carbonyl (C=O) groups excluding carboxylic acids is 2. The van der Waals surface area contributed by atoms with Crippen LogP contribution in [-0.4, -0.2) is 46.9 Å². The molecule has 7 heteroatoms. The summed E-state index contributed by atoms with van der Waals surface area (Å²) in [5.41, 5.74) is 1.16. The fourth-order valence-electron chi connectivity index (χ4n) is 2.72. The molecule has 0 saturated heterocycles. The molecule has 1 atom stereocenters. The molecule has 0 aromatic heterocycles. The summed E-state index contributed by atoms with van der Waals surface area (Å²) in [4.78, 5) is 26.3. The molecule has 2 rings (SSSR count). The van der Waals surface area contributed by atoms with Gasteiger partial charge in [0, 0.05) is 12.1 Å². The molecule has 0 bridgehead atoms. The van der Waals surface area contributed by atoms with Gasteiger partial charge in [0.05, 0.1) is 12.6 Å². The summed E-state index contributed by atoms with van der Waals surface area (Å²) in [7, 11) is 0. The zero-order chi connectivity index (χ0) is 22.0. The second-order valence-corrected chi connectivity index (χ2v) is 7.91. The van der Waals surface area contributed by atoms with Crippen molar-refractivity contribution in [2.75, 3.05) is 13.2 Å². The summed E-state index contributed by atoms with van der Waals surface area (Å²) in [5, 5.41) is 12.3. The zero-order valence-electron chi connectivity index (χ0n) is 17.7. The van der Waals surface area contributed by atoms with Crippen LogP contribution in [0.15, 0.2) is 60.7 Å². The van der Waals surface area contributed by atoms with Gasteiger partial charge in [0.2, 0.25) is 0 Å². The SMILES string of the molecule is CC(C)(C)N(C[C@@H](CO)NC(=O)OCc1ccccc1)C(=O)OCc1ccccc1. The quantitative estimate of drug-likeness (QED) is 0.687. The zero-order valence-corrected chi connectivity index (χ0v) is 17.7. The average molecular weight is 415 g/mol. The van der Waals surface area contributed by atoms with Crippen LogP contribution < -0.4 is 5.32 Å². The molecule has 0 aliphatic rings. The molecule has 0 aliphatic carbocycles. The first-order valence-electron chi connectivity index (χ1n) is 9.86. The highest BCUT2D eigenvalue weighted by Crippen LogP contribution is 2.16. The number of amides is 2. The maximum absolute atomic E-state index is 12.7. The lowest BCUT2D eigenvalue weighted by atomic mass is 10.1. The van der Waals surface area contributed by atoms with E-state index in [9.17, 15) is 14.7 Å². The van der Waals surface area contributed by atoms with E-state index in [1.54, 1.807) is 0 Å². The molecule has 2 N–H and O–H groups in total. The maximum Gasteiger partial charge on any atom is 0.410 e. The van der Waals surface area contributed by atoms with Crippen LogP contribution in [0.2, 0.25) is 0 Å². The Balaban J connectivity index is 1.92. The van der Waals surface area contributed by atoms with E-state index in [0.29, 0.717) is 0 Å². The molecule has 7 nitrogen and oxygen atoms in total. The predicted octanol–water partition coefficient (Wildman–Crippen LogP) is 3.71. The van der Waals surface area contributed by atoms with E-state index in [1.807, 2.05) is 81.4 Å². The van der Waals surface area contributed by atoms with E-state index < -0.39 is 23.8 Å². The lowest BCUT2D eigenvalue weighted by molar-refractivity contribution is 0.0513. The number of alkyl carbamates (subject to hydrolysis) is 1. The van der Waals surface area contributed by atoms with Gasteiger partial charge in [-0.2, -0.15) is 0 Å². The normalized spacial score (nSPS) is 12.0. The van der Waals surface area contributed by atoms with Gasteiger partial charge >= 0.3 is 12.2 Å². The van der Waals surface area contributed by atoms with Crippen LogP contribution in [0.25, 0.3) is 0 Å². The Morgan fingerprint density at radius 3 is 1.90 bits per heavy atom. The number of benzene rings is 2. The molecule has 0 spiro atoms. The van der Waals surface area contributed by atoms with E-state index in [0.717, 1.165) is 11.1 Å². The number of nitrogens with one attached hydrogen (secondary N) is 1. The van der Waals surface area contributed by atoms with Gasteiger partial charge in [0.1, 0.15) is 13.2 Å². The van der Waals surface area contributed by atoms with Crippen molar-refractivity contribution in [2.24, 2.45) is 0 Å². The van der Waals surface area contributed by atoms with Crippen LogP contribution >= 0.6 is 0 Å². The molecule has 0 unspecified atom stereocenters. The van der Waals surface area contributed by atoms with E-state index >= 15 is 0 Å². The number of rotatable bonds is 8. The molecule has 0 aliphatic heterocycles. The highest BCUT2D eigenvalue weighted by molar-refractivity contribution is 5.70. The second kappa shape index (κ2) is 11.2. The van der Waals surface area contributed by atoms with E-state index in [-0.39, 0.29) is 26.4 Å². The van der Waals surface area contributed by atoms with Gasteiger partial charge in [-0.15, -0.1) is 0 Å². The number of hydrogen-bond acceptors (Lipinski definition) is 5. The van der Waals surface area contributed by atoms with Gasteiger partial charge in [-0.05, 0) is 31.9 Å². The number of carbonyl (C=O) groups is 2. The van der Waals surface area contributed by atoms with Crippen LogP contribution in [0, 0.1) is 0 Å². The molecule has 0 saturated carbocycles. The number of ether oxygens (including phenoxy) is 2. The van der Waals surface area contributed by atoms with Gasteiger partial charge < -0.3 is 24.8 Å². The van der Waals surface area contributed by atoms with Crippen molar-refractivity contribution in [2.45, 2.75) is 45.6 Å². The van der Waals surface area contributed by atoms with Gasteiger partial charge in [-0.3, -0.25) is 0 Å². The van der Waals surface area contributed by atoms with Crippen LogP contribution in [-0.2, 0) is 22.7 Å². The molecule has 30 heavy (non-hydrogen) atoms. The van der Waals surface area contributed by atoms with E-state index in [4.69, 9.17) is 9.47 Å². The Hall–Kier alpha value is -3.06. The molecular formula is C23H30N2O5. The largest absolute Gasteiger partial charge is 0.445 e. The molecule has 2 aromatic rings. The van der Waals surface area contributed by atoms with Crippen LogP contribution in [0.3, 0.4) is 0 Å². The Morgan fingerprint density at radius 1 is 0.933 bits per heavy atom. The van der Waals surface area contributed by atoms with Crippen molar-refractivity contribution in [1.82, 2.24) is 10.2 Å². The molecule has 2 aromatic carbocycles. The summed E-state index contributed by atoms with van der Waals surface area (Å²) >= 11 is 0. The monoisotopic (exact) mass is 414 g/mol. The van der Waals surface area contributed by atoms with Crippen LogP contribution in [0.1, 0.15) is 31.9 Å². The first-order chi connectivity index (χ1) is 14.3. The van der Waals surface area contributed by atoms with Crippen LogP contribution in [0.5, 0.6) is 0 Å². The van der Waals surface area contributed by atoms with E-state index in [2.05, 4.69) is 5.32 Å². The Morgan fingerprint density at radius 2 is 1.43 bits per heavy atom. The third kappa shape index (κ3) is 7.75. The number of aliphatic hydroxyl groups is 1. The van der Waals surface area contributed by atoms with Gasteiger partial charge in [-0.1, -0.05) is 60.7 Å². The van der Waals surface area contributed by atoms with Crippen molar-refractivity contribution in [1.29, 1.82) is 0 Å². The number of nitrogens with zero attached hydrogens (tertiary/aromatic N) is 1. The summed E-state index contributed by atoms with van der Waals surface area (Å²) in [5.74, 6) is 0. The lowest BCUT2D eigenvalue weighted by Crippen LogP contribution is -2.54. The number of aliphatic hydroxyl groups excluding tert-OH is 1. The third-order valence-corrected chi connectivity index (χ3v) is 4.39. The maximum atomic E-state index is 12.7. The molecule has 0 fully saturated rings. The summed E-state index contributed by atoms with van der Waals surface area (Å²) < 4.78 is 10.6. The fourth-order valence-corrected chi connectivity index (χ4v) is 2.72. The fraction of sp³-hybridized carbons (Fsp3) is 0.391. The smallest absolute Gasteiger partial charge is 0.410 e. The molecular weight excluding hydrogens is 384 g/mol. The van der Waals surface area contributed by atoms with Crippen molar-refractivity contribution in [3.05, 3.63) is 71.8 Å². The van der Waals surface area contributed by atoms with Crippen molar-refractivity contribution >= 4 is 12.2 Å². The lowest BCUT2D eigenvalue weighted by Gasteiger charge is -2.36. The average Bonchev–Trinajstić information content (AvgIpc) is 2.74. The minimum Gasteiger partial charge on any atom is -0.445 e. The summed E-state index contributed by atoms with van der Waals surface area (Å²) in [6.07, 6.45) is -1.19. The topological polar surface area (TPSA) is 88.1 Å². The first-order valence-corrected chi connectivity index (χ1v) is 9.86. The standard InChI is InChI=1S/C23H30N2O5/c1-23(2,3)25(22(28)30-17-19-12-8-5-9-13-19)14-20(15-26)24-21(27)29-16-18-10-6-4-7-11-18/h4-13,20,26H,14-17H2,1-3H3,(H,24,27)/t20-/m0/s1. The Bertz CT molecular complexity index is 790. The molecule has 2 amide bonds. The predicted molar refractivity (Wildman–Crippen MR) is 114 cm³/mol. The second-order valence-electron chi connectivity index (χ2n) is 7.91. The highest BCUT2D eigenvalue weighted by atomic mass is 16.6. The van der Waals surface area contributed by atoms with Crippen molar-refractivity contribution in [3.8, 4) is 0 Å².